The number of benzene rings is 3. The van der Waals surface area contributed by atoms with Gasteiger partial charge in [-0.25, -0.2) is 10.2 Å². The maximum atomic E-state index is 12.7. The first-order valence-corrected chi connectivity index (χ1v) is 12.1. The standard InChI is InChI=1S/C28H29ClN2O7/c1-6-36-26-14-19(16-30-31-27(32)18(3)37-22-12-9-21(29)13-17(22)2)7-10-24(26)38-28(33)20-8-11-23(34-4)25(15-20)35-5/h7-16,18H,6H2,1-5H3,(H,31,32). The lowest BCUT2D eigenvalue weighted by molar-refractivity contribution is -0.127. The van der Waals surface area contributed by atoms with Gasteiger partial charge in [0.15, 0.2) is 29.1 Å². The highest BCUT2D eigenvalue weighted by atomic mass is 35.5. The van der Waals surface area contributed by atoms with E-state index >= 15 is 0 Å². The van der Waals surface area contributed by atoms with Gasteiger partial charge in [0.2, 0.25) is 0 Å². The summed E-state index contributed by atoms with van der Waals surface area (Å²) in [4.78, 5) is 25.1. The third-order valence-electron chi connectivity index (χ3n) is 5.29. The van der Waals surface area contributed by atoms with E-state index in [1.807, 2.05) is 13.8 Å². The molecule has 3 rings (SSSR count). The number of nitrogens with one attached hydrogen (secondary N) is 1. The number of halogens is 1. The molecule has 1 amide bonds. The minimum atomic E-state index is -0.788. The van der Waals surface area contributed by atoms with Crippen LogP contribution >= 0.6 is 11.6 Å². The Morgan fingerprint density at radius 1 is 0.947 bits per heavy atom. The van der Waals surface area contributed by atoms with E-state index in [2.05, 4.69) is 10.5 Å². The predicted molar refractivity (Wildman–Crippen MR) is 144 cm³/mol. The highest BCUT2D eigenvalue weighted by Gasteiger charge is 2.17. The predicted octanol–water partition coefficient (Wildman–Crippen LogP) is 5.20. The minimum absolute atomic E-state index is 0.230. The van der Waals surface area contributed by atoms with Crippen molar-refractivity contribution in [2.24, 2.45) is 5.10 Å². The van der Waals surface area contributed by atoms with Crippen LogP contribution in [0.1, 0.15) is 35.3 Å². The first-order chi connectivity index (χ1) is 18.2. The maximum Gasteiger partial charge on any atom is 0.343 e. The van der Waals surface area contributed by atoms with Crippen molar-refractivity contribution in [3.05, 3.63) is 76.3 Å². The zero-order chi connectivity index (χ0) is 27.7. The van der Waals surface area contributed by atoms with E-state index in [0.29, 0.717) is 40.2 Å². The van der Waals surface area contributed by atoms with Gasteiger partial charge in [0.25, 0.3) is 5.91 Å². The molecule has 0 spiro atoms. The van der Waals surface area contributed by atoms with Crippen LogP contribution in [0.5, 0.6) is 28.7 Å². The quantitative estimate of drug-likeness (QED) is 0.154. The lowest BCUT2D eigenvalue weighted by Gasteiger charge is -2.15. The number of rotatable bonds is 11. The summed E-state index contributed by atoms with van der Waals surface area (Å²) in [5.41, 5.74) is 4.16. The Morgan fingerprint density at radius 3 is 2.34 bits per heavy atom. The number of hydrazone groups is 1. The lowest BCUT2D eigenvalue weighted by atomic mass is 10.2. The number of aryl methyl sites for hydroxylation is 1. The van der Waals surface area contributed by atoms with Crippen LogP contribution in [0.15, 0.2) is 59.7 Å². The summed E-state index contributed by atoms with van der Waals surface area (Å²) in [5.74, 6) is 1.01. The van der Waals surface area contributed by atoms with Gasteiger partial charge in [0, 0.05) is 5.02 Å². The van der Waals surface area contributed by atoms with Gasteiger partial charge in [0.05, 0.1) is 32.6 Å². The second kappa shape index (κ2) is 13.3. The Balaban J connectivity index is 1.66. The third-order valence-corrected chi connectivity index (χ3v) is 5.52. The van der Waals surface area contributed by atoms with Crippen LogP contribution in [-0.2, 0) is 4.79 Å². The smallest absolute Gasteiger partial charge is 0.343 e. The summed E-state index contributed by atoms with van der Waals surface area (Å²) in [7, 11) is 2.99. The molecule has 3 aromatic rings. The molecular formula is C28H29ClN2O7. The summed E-state index contributed by atoms with van der Waals surface area (Å²) < 4.78 is 27.4. The van der Waals surface area contributed by atoms with Gasteiger partial charge in [-0.05, 0) is 86.5 Å². The molecule has 0 aliphatic heterocycles. The van der Waals surface area contributed by atoms with Crippen molar-refractivity contribution in [2.45, 2.75) is 26.9 Å². The van der Waals surface area contributed by atoms with E-state index in [4.69, 9.17) is 35.3 Å². The van der Waals surface area contributed by atoms with Gasteiger partial charge in [-0.15, -0.1) is 0 Å². The van der Waals surface area contributed by atoms with Crippen LogP contribution in [-0.4, -0.2) is 45.0 Å². The molecule has 38 heavy (non-hydrogen) atoms. The number of hydrogen-bond donors (Lipinski definition) is 1. The summed E-state index contributed by atoms with van der Waals surface area (Å²) in [6, 6.07) is 14.8. The number of methoxy groups -OCH3 is 2. The maximum absolute atomic E-state index is 12.7. The van der Waals surface area contributed by atoms with E-state index in [0.717, 1.165) is 5.56 Å². The van der Waals surface area contributed by atoms with Crippen molar-refractivity contribution in [1.82, 2.24) is 5.43 Å². The molecule has 0 heterocycles. The molecular weight excluding hydrogens is 512 g/mol. The first kappa shape index (κ1) is 28.3. The Kier molecular flexibility index (Phi) is 9.95. The van der Waals surface area contributed by atoms with Crippen molar-refractivity contribution in [1.29, 1.82) is 0 Å². The number of esters is 1. The van der Waals surface area contributed by atoms with Crippen LogP contribution in [0.3, 0.4) is 0 Å². The topological polar surface area (TPSA) is 105 Å². The number of carbonyl (C=O) groups excluding carboxylic acids is 2. The minimum Gasteiger partial charge on any atom is -0.493 e. The largest absolute Gasteiger partial charge is 0.493 e. The fourth-order valence-corrected chi connectivity index (χ4v) is 3.56. The molecule has 0 aliphatic carbocycles. The molecule has 0 saturated carbocycles. The van der Waals surface area contributed by atoms with E-state index < -0.39 is 18.0 Å². The van der Waals surface area contributed by atoms with Crippen molar-refractivity contribution < 1.29 is 33.3 Å². The number of ether oxygens (including phenoxy) is 5. The number of hydrogen-bond acceptors (Lipinski definition) is 8. The lowest BCUT2D eigenvalue weighted by Crippen LogP contribution is -2.33. The van der Waals surface area contributed by atoms with Gasteiger partial charge >= 0.3 is 5.97 Å². The third kappa shape index (κ3) is 7.39. The highest BCUT2D eigenvalue weighted by Crippen LogP contribution is 2.31. The zero-order valence-electron chi connectivity index (χ0n) is 21.7. The first-order valence-electron chi connectivity index (χ1n) is 11.7. The second-order valence-corrected chi connectivity index (χ2v) is 8.44. The molecule has 200 valence electrons. The van der Waals surface area contributed by atoms with Crippen LogP contribution in [0, 0.1) is 6.92 Å². The van der Waals surface area contributed by atoms with E-state index in [9.17, 15) is 9.59 Å². The molecule has 0 saturated heterocycles. The van der Waals surface area contributed by atoms with Crippen molar-refractivity contribution in [3.63, 3.8) is 0 Å². The molecule has 0 aromatic heterocycles. The van der Waals surface area contributed by atoms with E-state index in [-0.39, 0.29) is 11.3 Å². The molecule has 0 aliphatic rings. The van der Waals surface area contributed by atoms with Crippen molar-refractivity contribution in [3.8, 4) is 28.7 Å². The molecule has 3 aromatic carbocycles. The summed E-state index contributed by atoms with van der Waals surface area (Å²) in [5, 5.41) is 4.59. The molecule has 1 unspecified atom stereocenters. The molecule has 1 N–H and O–H groups in total. The van der Waals surface area contributed by atoms with Gasteiger partial charge in [-0.1, -0.05) is 11.6 Å². The summed E-state index contributed by atoms with van der Waals surface area (Å²) >= 11 is 5.96. The fraction of sp³-hybridized carbons (Fsp3) is 0.250. The summed E-state index contributed by atoms with van der Waals surface area (Å²) in [6.07, 6.45) is 0.657. The monoisotopic (exact) mass is 540 g/mol. The average Bonchev–Trinajstić information content (AvgIpc) is 2.91. The molecule has 9 nitrogen and oxygen atoms in total. The van der Waals surface area contributed by atoms with Crippen LogP contribution < -0.4 is 29.1 Å². The normalized spacial score (nSPS) is 11.5. The molecule has 10 heteroatoms. The summed E-state index contributed by atoms with van der Waals surface area (Å²) in [6.45, 7) is 5.62. The number of carbonyl (C=O) groups is 2. The van der Waals surface area contributed by atoms with Gasteiger partial charge in [-0.2, -0.15) is 5.10 Å². The van der Waals surface area contributed by atoms with Crippen LogP contribution in [0.2, 0.25) is 5.02 Å². The Labute approximate surface area is 226 Å². The van der Waals surface area contributed by atoms with Crippen molar-refractivity contribution in [2.75, 3.05) is 20.8 Å². The molecule has 1 atom stereocenters. The number of nitrogens with zero attached hydrogens (tertiary/aromatic N) is 1. The Hall–Kier alpha value is -4.24. The Bertz CT molecular complexity index is 1330. The SMILES string of the molecule is CCOc1cc(C=NNC(=O)C(C)Oc2ccc(Cl)cc2C)ccc1OC(=O)c1ccc(OC)c(OC)c1. The average molecular weight is 541 g/mol. The van der Waals surface area contributed by atoms with Gasteiger partial charge < -0.3 is 23.7 Å². The van der Waals surface area contributed by atoms with Gasteiger partial charge in [0.1, 0.15) is 5.75 Å². The Morgan fingerprint density at radius 2 is 1.66 bits per heavy atom. The van der Waals surface area contributed by atoms with Crippen LogP contribution in [0.4, 0.5) is 0 Å². The van der Waals surface area contributed by atoms with E-state index in [1.165, 1.54) is 26.5 Å². The fourth-order valence-electron chi connectivity index (χ4n) is 3.33. The molecule has 0 bridgehead atoms. The second-order valence-electron chi connectivity index (χ2n) is 8.00. The molecule has 0 fully saturated rings. The zero-order valence-corrected chi connectivity index (χ0v) is 22.5. The van der Waals surface area contributed by atoms with E-state index in [1.54, 1.807) is 55.5 Å². The van der Waals surface area contributed by atoms with Gasteiger partial charge in [-0.3, -0.25) is 4.79 Å². The van der Waals surface area contributed by atoms with Crippen LogP contribution in [0.25, 0.3) is 0 Å². The number of amides is 1. The van der Waals surface area contributed by atoms with Crippen molar-refractivity contribution >= 4 is 29.7 Å². The highest BCUT2D eigenvalue weighted by molar-refractivity contribution is 6.30. The molecule has 0 radical (unpaired) electrons.